The first-order valence-electron chi connectivity index (χ1n) is 10.4. The average molecular weight is 408 g/mol. The first-order chi connectivity index (χ1) is 14.2. The summed E-state index contributed by atoms with van der Waals surface area (Å²) in [5.74, 6) is -1.31. The minimum atomic E-state index is -0.921. The van der Waals surface area contributed by atoms with Crippen molar-refractivity contribution < 1.29 is 19.2 Å². The van der Waals surface area contributed by atoms with Crippen LogP contribution in [0.4, 0.5) is 0 Å². The molecular weight excluding hydrogens is 384 g/mol. The SMILES string of the molecule is CN1C[C@H]2[C@@H]3CN(C)C[C@]24C(=O)N(C)C(=O)c2ccc5c(c24)[C@@]3(C1)C(=O)N(C)C5=O. The van der Waals surface area contributed by atoms with Gasteiger partial charge in [0.1, 0.15) is 0 Å². The highest BCUT2D eigenvalue weighted by Crippen LogP contribution is 2.62. The summed E-state index contributed by atoms with van der Waals surface area (Å²) in [5, 5.41) is 0. The van der Waals surface area contributed by atoms with Gasteiger partial charge in [0.25, 0.3) is 11.8 Å². The van der Waals surface area contributed by atoms with Crippen LogP contribution in [0.3, 0.4) is 0 Å². The van der Waals surface area contributed by atoms with Crippen LogP contribution in [0.1, 0.15) is 31.8 Å². The normalized spacial score (nSPS) is 37.6. The lowest BCUT2D eigenvalue weighted by molar-refractivity contribution is -0.161. The molecule has 8 heteroatoms. The topological polar surface area (TPSA) is 81.2 Å². The fourth-order valence-electron chi connectivity index (χ4n) is 7.37. The van der Waals surface area contributed by atoms with Crippen molar-refractivity contribution in [2.45, 2.75) is 10.8 Å². The molecule has 4 aliphatic heterocycles. The zero-order valence-electron chi connectivity index (χ0n) is 17.6. The van der Waals surface area contributed by atoms with Gasteiger partial charge in [-0.15, -0.1) is 0 Å². The minimum Gasteiger partial charge on any atom is -0.305 e. The molecule has 0 N–H and O–H groups in total. The zero-order chi connectivity index (χ0) is 21.3. The van der Waals surface area contributed by atoms with E-state index in [1.807, 2.05) is 14.1 Å². The molecule has 4 amide bonds. The molecule has 2 fully saturated rings. The maximum absolute atomic E-state index is 13.8. The highest BCUT2D eigenvalue weighted by Gasteiger charge is 2.73. The number of benzene rings is 1. The van der Waals surface area contributed by atoms with E-state index in [2.05, 4.69) is 9.80 Å². The molecule has 4 heterocycles. The molecule has 4 atom stereocenters. The quantitative estimate of drug-likeness (QED) is 0.540. The van der Waals surface area contributed by atoms with Crippen LogP contribution >= 0.6 is 0 Å². The Labute approximate surface area is 174 Å². The molecule has 2 saturated heterocycles. The van der Waals surface area contributed by atoms with Crippen molar-refractivity contribution in [1.82, 2.24) is 19.6 Å². The summed E-state index contributed by atoms with van der Waals surface area (Å²) in [4.78, 5) is 60.7. The number of imide groups is 2. The van der Waals surface area contributed by atoms with Gasteiger partial charge in [0.15, 0.2) is 0 Å². The average Bonchev–Trinajstić information content (AvgIpc) is 2.71. The van der Waals surface area contributed by atoms with Crippen molar-refractivity contribution in [2.75, 3.05) is 54.4 Å². The standard InChI is InChI=1S/C22H24N4O4/c1-23-7-13-14-8-24(2)10-22(13)16-12(18(28)26(4)20(22)30)6-5-11-15(16)21(14,9-23)19(29)25(3)17(11)27/h5-6,13-14H,7-10H2,1-4H3/t13-,14-,21-,22-/m0/s1. The van der Waals surface area contributed by atoms with Gasteiger partial charge in [0.2, 0.25) is 11.8 Å². The predicted octanol–water partition coefficient (Wildman–Crippen LogP) is -0.477. The highest BCUT2D eigenvalue weighted by molar-refractivity contribution is 6.19. The maximum Gasteiger partial charge on any atom is 0.260 e. The van der Waals surface area contributed by atoms with E-state index in [0.717, 1.165) is 0 Å². The van der Waals surface area contributed by atoms with Crippen molar-refractivity contribution in [3.8, 4) is 0 Å². The maximum atomic E-state index is 13.8. The van der Waals surface area contributed by atoms with Gasteiger partial charge in [-0.2, -0.15) is 0 Å². The second-order valence-electron chi connectivity index (χ2n) is 9.80. The number of amides is 4. The van der Waals surface area contributed by atoms with Crippen LogP contribution in [-0.4, -0.2) is 97.6 Å². The number of carbonyl (C=O) groups excluding carboxylic acids is 4. The summed E-state index contributed by atoms with van der Waals surface area (Å²) < 4.78 is 0. The highest BCUT2D eigenvalue weighted by atomic mass is 16.2. The lowest BCUT2D eigenvalue weighted by Crippen LogP contribution is -2.79. The smallest absolute Gasteiger partial charge is 0.260 e. The fraction of sp³-hybridized carbons (Fsp3) is 0.545. The molecule has 0 radical (unpaired) electrons. The number of likely N-dealkylation sites (N-methyl/N-ethyl adjacent to an activating group) is 4. The molecule has 4 bridgehead atoms. The van der Waals surface area contributed by atoms with Crippen LogP contribution in [0, 0.1) is 11.8 Å². The molecule has 1 aliphatic carbocycles. The number of hydrogen-bond donors (Lipinski definition) is 0. The Hall–Kier alpha value is -2.58. The van der Waals surface area contributed by atoms with Gasteiger partial charge < -0.3 is 9.80 Å². The van der Waals surface area contributed by atoms with Crippen molar-refractivity contribution in [2.24, 2.45) is 11.8 Å². The van der Waals surface area contributed by atoms with Gasteiger partial charge in [-0.3, -0.25) is 29.0 Å². The van der Waals surface area contributed by atoms with Crippen LogP contribution in [0.25, 0.3) is 0 Å². The summed E-state index contributed by atoms with van der Waals surface area (Å²) in [7, 11) is 7.04. The zero-order valence-corrected chi connectivity index (χ0v) is 17.6. The van der Waals surface area contributed by atoms with E-state index in [9.17, 15) is 19.2 Å². The summed E-state index contributed by atoms with van der Waals surface area (Å²) in [6.07, 6.45) is 0. The van der Waals surface area contributed by atoms with Crippen molar-refractivity contribution in [3.63, 3.8) is 0 Å². The first kappa shape index (κ1) is 18.2. The summed E-state index contributed by atoms with van der Waals surface area (Å²) >= 11 is 0. The van der Waals surface area contributed by atoms with Gasteiger partial charge in [-0.25, -0.2) is 0 Å². The van der Waals surface area contributed by atoms with Crippen LogP contribution < -0.4 is 0 Å². The number of rotatable bonds is 0. The van der Waals surface area contributed by atoms with E-state index < -0.39 is 10.8 Å². The largest absolute Gasteiger partial charge is 0.305 e. The lowest BCUT2D eigenvalue weighted by Gasteiger charge is -2.67. The fourth-order valence-corrected chi connectivity index (χ4v) is 7.37. The van der Waals surface area contributed by atoms with E-state index in [4.69, 9.17) is 0 Å². The van der Waals surface area contributed by atoms with Gasteiger partial charge in [0, 0.05) is 51.4 Å². The van der Waals surface area contributed by atoms with E-state index in [-0.39, 0.29) is 35.5 Å². The van der Waals surface area contributed by atoms with Crippen LogP contribution in [-0.2, 0) is 20.4 Å². The molecule has 5 aliphatic rings. The first-order valence-corrected chi connectivity index (χ1v) is 10.4. The van der Waals surface area contributed by atoms with E-state index in [0.29, 0.717) is 48.4 Å². The molecule has 0 saturated carbocycles. The molecule has 2 spiro atoms. The van der Waals surface area contributed by atoms with Crippen molar-refractivity contribution in [3.05, 3.63) is 34.4 Å². The second kappa shape index (κ2) is 5.18. The molecule has 8 nitrogen and oxygen atoms in total. The van der Waals surface area contributed by atoms with Gasteiger partial charge in [-0.1, -0.05) is 0 Å². The molecule has 0 aromatic heterocycles. The minimum absolute atomic E-state index is 0.0949. The monoisotopic (exact) mass is 408 g/mol. The molecule has 6 rings (SSSR count). The third kappa shape index (κ3) is 1.63. The molecule has 0 unspecified atom stereocenters. The summed E-state index contributed by atoms with van der Waals surface area (Å²) in [6, 6.07) is 3.37. The third-order valence-electron chi connectivity index (χ3n) is 8.35. The van der Waals surface area contributed by atoms with Gasteiger partial charge in [-0.05, 0) is 49.2 Å². The number of hydrogen-bond acceptors (Lipinski definition) is 6. The molecule has 30 heavy (non-hydrogen) atoms. The Balaban J connectivity index is 1.84. The number of piperidine rings is 2. The van der Waals surface area contributed by atoms with Crippen molar-refractivity contribution >= 4 is 23.6 Å². The van der Waals surface area contributed by atoms with Gasteiger partial charge in [0.05, 0.1) is 10.8 Å². The third-order valence-corrected chi connectivity index (χ3v) is 8.35. The molecule has 1 aromatic rings. The second-order valence-corrected chi connectivity index (χ2v) is 9.80. The molecule has 1 aromatic carbocycles. The van der Waals surface area contributed by atoms with Crippen LogP contribution in [0.15, 0.2) is 12.1 Å². The Bertz CT molecular complexity index is 1010. The molecular formula is C22H24N4O4. The van der Waals surface area contributed by atoms with E-state index in [1.165, 1.54) is 9.80 Å². The Morgan fingerprint density at radius 1 is 0.700 bits per heavy atom. The predicted molar refractivity (Wildman–Crippen MR) is 106 cm³/mol. The summed E-state index contributed by atoms with van der Waals surface area (Å²) in [5.41, 5.74) is 0.403. The van der Waals surface area contributed by atoms with Crippen LogP contribution in [0.5, 0.6) is 0 Å². The number of likely N-dealkylation sites (tertiary alicyclic amines) is 2. The number of nitrogens with zero attached hydrogens (tertiary/aromatic N) is 4. The van der Waals surface area contributed by atoms with Gasteiger partial charge >= 0.3 is 0 Å². The van der Waals surface area contributed by atoms with Crippen LogP contribution in [0.2, 0.25) is 0 Å². The Morgan fingerprint density at radius 3 is 1.43 bits per heavy atom. The Morgan fingerprint density at radius 2 is 1.07 bits per heavy atom. The molecule has 156 valence electrons. The van der Waals surface area contributed by atoms with E-state index >= 15 is 0 Å². The van der Waals surface area contributed by atoms with E-state index in [1.54, 1.807) is 26.2 Å². The van der Waals surface area contributed by atoms with Crippen molar-refractivity contribution in [1.29, 1.82) is 0 Å². The Kier molecular flexibility index (Phi) is 3.14. The number of carbonyl (C=O) groups is 4. The summed E-state index contributed by atoms with van der Waals surface area (Å²) in [6.45, 7) is 2.33. The lowest BCUT2D eigenvalue weighted by atomic mass is 9.43.